The van der Waals surface area contributed by atoms with Gasteiger partial charge in [0.1, 0.15) is 17.0 Å². The number of hydrogen-bond acceptors (Lipinski definition) is 7. The van der Waals surface area contributed by atoms with Gasteiger partial charge in [0.05, 0.1) is 26.2 Å². The summed E-state index contributed by atoms with van der Waals surface area (Å²) in [4.78, 5) is 12.9. The summed E-state index contributed by atoms with van der Waals surface area (Å²) in [6.45, 7) is 0.461. The Hall–Kier alpha value is -3.42. The SMILES string of the molecule is COc1ccc(-c2cc(CNc3ncc4ncn(C)c4n3)no2)cc1. The van der Waals surface area contributed by atoms with Crippen LogP contribution in [0.4, 0.5) is 5.95 Å². The molecule has 0 bridgehead atoms. The molecule has 0 spiro atoms. The lowest BCUT2D eigenvalue weighted by atomic mass is 10.1. The molecule has 3 aromatic heterocycles. The highest BCUT2D eigenvalue weighted by molar-refractivity contribution is 5.70. The van der Waals surface area contributed by atoms with E-state index in [9.17, 15) is 0 Å². The fourth-order valence-electron chi connectivity index (χ4n) is 2.46. The average Bonchev–Trinajstić information content (AvgIpc) is 3.27. The molecule has 0 amide bonds. The van der Waals surface area contributed by atoms with Crippen molar-refractivity contribution in [2.45, 2.75) is 6.54 Å². The van der Waals surface area contributed by atoms with Gasteiger partial charge in [0.15, 0.2) is 11.4 Å². The molecule has 126 valence electrons. The molecule has 4 aromatic rings. The minimum atomic E-state index is 0.461. The first-order valence-electron chi connectivity index (χ1n) is 7.71. The molecule has 0 aliphatic heterocycles. The molecule has 0 radical (unpaired) electrons. The van der Waals surface area contributed by atoms with Crippen molar-refractivity contribution in [3.63, 3.8) is 0 Å². The van der Waals surface area contributed by atoms with Crippen molar-refractivity contribution in [1.82, 2.24) is 24.7 Å². The third kappa shape index (κ3) is 3.01. The molecule has 25 heavy (non-hydrogen) atoms. The summed E-state index contributed by atoms with van der Waals surface area (Å²) in [7, 11) is 3.53. The lowest BCUT2D eigenvalue weighted by molar-refractivity contribution is 0.414. The van der Waals surface area contributed by atoms with Gasteiger partial charge in [-0.2, -0.15) is 4.98 Å². The summed E-state index contributed by atoms with van der Waals surface area (Å²) < 4.78 is 12.4. The van der Waals surface area contributed by atoms with Gasteiger partial charge in [-0.25, -0.2) is 9.97 Å². The van der Waals surface area contributed by atoms with E-state index in [2.05, 4.69) is 25.4 Å². The van der Waals surface area contributed by atoms with Crippen LogP contribution >= 0.6 is 0 Å². The summed E-state index contributed by atoms with van der Waals surface area (Å²) in [5.74, 6) is 2.01. The highest BCUT2D eigenvalue weighted by atomic mass is 16.5. The highest BCUT2D eigenvalue weighted by Gasteiger charge is 2.09. The van der Waals surface area contributed by atoms with Gasteiger partial charge in [0, 0.05) is 18.7 Å². The Morgan fingerprint density at radius 3 is 2.84 bits per heavy atom. The predicted molar refractivity (Wildman–Crippen MR) is 92.1 cm³/mol. The zero-order chi connectivity index (χ0) is 17.2. The van der Waals surface area contributed by atoms with Gasteiger partial charge >= 0.3 is 0 Å². The maximum atomic E-state index is 5.40. The number of aryl methyl sites for hydroxylation is 1. The first-order chi connectivity index (χ1) is 12.2. The van der Waals surface area contributed by atoms with E-state index in [1.54, 1.807) is 19.6 Å². The number of aromatic nitrogens is 5. The average molecular weight is 336 g/mol. The molecule has 0 aliphatic rings. The van der Waals surface area contributed by atoms with Crippen molar-refractivity contribution >= 4 is 17.1 Å². The van der Waals surface area contributed by atoms with Crippen LogP contribution in [0.25, 0.3) is 22.5 Å². The van der Waals surface area contributed by atoms with E-state index in [0.29, 0.717) is 18.3 Å². The predicted octanol–water partition coefficient (Wildman–Crippen LogP) is 2.64. The standard InChI is InChI=1S/C17H16N6O2/c1-23-10-20-14-9-19-17(21-16(14)23)18-8-12-7-15(25-22-12)11-3-5-13(24-2)6-4-11/h3-7,9-10H,8H2,1-2H3,(H,18,19,21). The van der Waals surface area contributed by atoms with E-state index in [0.717, 1.165) is 28.2 Å². The topological polar surface area (TPSA) is 90.9 Å². The van der Waals surface area contributed by atoms with Crippen LogP contribution in [0.3, 0.4) is 0 Å². The van der Waals surface area contributed by atoms with E-state index in [1.807, 2.05) is 41.9 Å². The summed E-state index contributed by atoms with van der Waals surface area (Å²) >= 11 is 0. The number of anilines is 1. The second-order valence-corrected chi connectivity index (χ2v) is 5.52. The molecule has 1 N–H and O–H groups in total. The van der Waals surface area contributed by atoms with Crippen molar-refractivity contribution in [3.8, 4) is 17.1 Å². The minimum Gasteiger partial charge on any atom is -0.497 e. The molecular weight excluding hydrogens is 320 g/mol. The Kier molecular flexibility index (Phi) is 3.77. The molecular formula is C17H16N6O2. The number of imidazole rings is 1. The third-order valence-corrected chi connectivity index (χ3v) is 3.82. The molecule has 1 aromatic carbocycles. The fraction of sp³-hybridized carbons (Fsp3) is 0.176. The Labute approximate surface area is 143 Å². The number of rotatable bonds is 5. The van der Waals surface area contributed by atoms with Gasteiger partial charge in [-0.3, -0.25) is 0 Å². The second kappa shape index (κ2) is 6.23. The highest BCUT2D eigenvalue weighted by Crippen LogP contribution is 2.23. The zero-order valence-electron chi connectivity index (χ0n) is 13.8. The Morgan fingerprint density at radius 1 is 1.20 bits per heavy atom. The summed E-state index contributed by atoms with van der Waals surface area (Å²) in [5, 5.41) is 7.23. The molecule has 0 aliphatic carbocycles. The summed E-state index contributed by atoms with van der Waals surface area (Å²) in [5.41, 5.74) is 3.24. The minimum absolute atomic E-state index is 0.461. The van der Waals surface area contributed by atoms with Crippen molar-refractivity contribution in [2.24, 2.45) is 7.05 Å². The Bertz CT molecular complexity index is 1010. The molecule has 3 heterocycles. The summed E-state index contributed by atoms with van der Waals surface area (Å²) in [6.07, 6.45) is 3.40. The van der Waals surface area contributed by atoms with Crippen LogP contribution in [0.5, 0.6) is 5.75 Å². The van der Waals surface area contributed by atoms with Gasteiger partial charge in [-0.15, -0.1) is 0 Å². The number of benzene rings is 1. The molecule has 0 unspecified atom stereocenters. The van der Waals surface area contributed by atoms with Crippen LogP contribution in [-0.2, 0) is 13.6 Å². The van der Waals surface area contributed by atoms with Crippen LogP contribution in [0.1, 0.15) is 5.69 Å². The molecule has 0 atom stereocenters. The van der Waals surface area contributed by atoms with Crippen molar-refractivity contribution < 1.29 is 9.26 Å². The monoisotopic (exact) mass is 336 g/mol. The normalized spacial score (nSPS) is 11.0. The van der Waals surface area contributed by atoms with Gasteiger partial charge in [-0.1, -0.05) is 5.16 Å². The zero-order valence-corrected chi connectivity index (χ0v) is 13.8. The number of nitrogens with one attached hydrogen (secondary N) is 1. The number of hydrogen-bond donors (Lipinski definition) is 1. The Morgan fingerprint density at radius 2 is 2.04 bits per heavy atom. The van der Waals surface area contributed by atoms with Gasteiger partial charge < -0.3 is 19.1 Å². The van der Waals surface area contributed by atoms with Gasteiger partial charge in [0.25, 0.3) is 0 Å². The van der Waals surface area contributed by atoms with E-state index < -0.39 is 0 Å². The molecule has 8 nitrogen and oxygen atoms in total. The van der Waals surface area contributed by atoms with Crippen LogP contribution in [0.15, 0.2) is 47.4 Å². The molecule has 0 saturated carbocycles. The number of nitrogens with zero attached hydrogens (tertiary/aromatic N) is 5. The summed E-state index contributed by atoms with van der Waals surface area (Å²) in [6, 6.07) is 9.50. The first kappa shape index (κ1) is 15.1. The van der Waals surface area contributed by atoms with Crippen LogP contribution in [0.2, 0.25) is 0 Å². The first-order valence-corrected chi connectivity index (χ1v) is 7.71. The van der Waals surface area contributed by atoms with Gasteiger partial charge in [-0.05, 0) is 24.3 Å². The molecule has 8 heteroatoms. The van der Waals surface area contributed by atoms with Crippen LogP contribution in [0, 0.1) is 0 Å². The van der Waals surface area contributed by atoms with Gasteiger partial charge in [0.2, 0.25) is 5.95 Å². The van der Waals surface area contributed by atoms with Crippen molar-refractivity contribution in [3.05, 3.63) is 48.5 Å². The lowest BCUT2D eigenvalue weighted by Gasteiger charge is -2.02. The van der Waals surface area contributed by atoms with Crippen LogP contribution in [-0.4, -0.2) is 31.8 Å². The molecule has 0 fully saturated rings. The van der Waals surface area contributed by atoms with Crippen molar-refractivity contribution in [1.29, 1.82) is 0 Å². The van der Waals surface area contributed by atoms with E-state index >= 15 is 0 Å². The third-order valence-electron chi connectivity index (χ3n) is 3.82. The van der Waals surface area contributed by atoms with E-state index in [4.69, 9.17) is 9.26 Å². The van der Waals surface area contributed by atoms with Crippen LogP contribution < -0.4 is 10.1 Å². The van der Waals surface area contributed by atoms with E-state index in [1.165, 1.54) is 0 Å². The van der Waals surface area contributed by atoms with E-state index in [-0.39, 0.29) is 0 Å². The largest absolute Gasteiger partial charge is 0.497 e. The maximum Gasteiger partial charge on any atom is 0.225 e. The van der Waals surface area contributed by atoms with Crippen molar-refractivity contribution in [2.75, 3.05) is 12.4 Å². The number of methoxy groups -OCH3 is 1. The number of fused-ring (bicyclic) bond motifs is 1. The fourth-order valence-corrected chi connectivity index (χ4v) is 2.46. The quantitative estimate of drug-likeness (QED) is 0.599. The smallest absolute Gasteiger partial charge is 0.225 e. The number of ether oxygens (including phenoxy) is 1. The lowest BCUT2D eigenvalue weighted by Crippen LogP contribution is -2.04. The Balaban J connectivity index is 1.47. The second-order valence-electron chi connectivity index (χ2n) is 5.52. The molecule has 4 rings (SSSR count). The maximum absolute atomic E-state index is 5.40. The molecule has 0 saturated heterocycles.